The highest BCUT2D eigenvalue weighted by atomic mass is 16.5. The monoisotopic (exact) mass is 389 g/mol. The summed E-state index contributed by atoms with van der Waals surface area (Å²) >= 11 is 0. The van der Waals surface area contributed by atoms with Crippen LogP contribution in [-0.4, -0.2) is 20.3 Å². The van der Waals surface area contributed by atoms with E-state index in [2.05, 4.69) is 73.8 Å². The van der Waals surface area contributed by atoms with Crippen LogP contribution in [0.3, 0.4) is 0 Å². The third kappa shape index (κ3) is 5.69. The van der Waals surface area contributed by atoms with E-state index in [-0.39, 0.29) is 12.1 Å². The van der Waals surface area contributed by atoms with E-state index in [9.17, 15) is 0 Å². The number of rotatable bonds is 10. The predicted octanol–water partition coefficient (Wildman–Crippen LogP) is 6.18. The van der Waals surface area contributed by atoms with Crippen molar-refractivity contribution in [1.29, 1.82) is 0 Å². The topological polar surface area (TPSA) is 30.5 Å². The average molecular weight is 390 g/mol. The van der Waals surface area contributed by atoms with Gasteiger partial charge in [0.1, 0.15) is 5.75 Å². The maximum absolute atomic E-state index is 6.09. The molecule has 3 rings (SSSR count). The molecule has 3 aromatic rings. The van der Waals surface area contributed by atoms with Gasteiger partial charge in [0.2, 0.25) is 0 Å². The number of hydrogen-bond acceptors (Lipinski definition) is 3. The first-order valence-corrected chi connectivity index (χ1v) is 10.4. The summed E-state index contributed by atoms with van der Waals surface area (Å²) in [6, 6.07) is 27.5. The minimum Gasteiger partial charge on any atom is -0.496 e. The molecule has 0 spiro atoms. The Hall–Kier alpha value is -2.62. The van der Waals surface area contributed by atoms with E-state index < -0.39 is 0 Å². The van der Waals surface area contributed by atoms with Crippen LogP contribution in [0.15, 0.2) is 78.9 Å². The maximum atomic E-state index is 6.09. The number of methoxy groups -OCH3 is 1. The van der Waals surface area contributed by atoms with Gasteiger partial charge in [-0.2, -0.15) is 0 Å². The quantitative estimate of drug-likeness (QED) is 0.420. The molecular formula is C26H31NO2. The molecule has 152 valence electrons. The fourth-order valence-corrected chi connectivity index (χ4v) is 3.55. The Bertz CT molecular complexity index is 861. The van der Waals surface area contributed by atoms with E-state index in [1.165, 1.54) is 11.1 Å². The Morgan fingerprint density at radius 3 is 2.21 bits per heavy atom. The lowest BCUT2D eigenvalue weighted by atomic mass is 10.0. The van der Waals surface area contributed by atoms with Gasteiger partial charge in [0.15, 0.2) is 0 Å². The van der Waals surface area contributed by atoms with Crippen LogP contribution < -0.4 is 10.1 Å². The molecule has 3 aromatic carbocycles. The second kappa shape index (κ2) is 10.8. The van der Waals surface area contributed by atoms with E-state index >= 15 is 0 Å². The van der Waals surface area contributed by atoms with Crippen molar-refractivity contribution in [2.24, 2.45) is 0 Å². The number of ether oxygens (including phenoxy) is 2. The summed E-state index contributed by atoms with van der Waals surface area (Å²) in [6.45, 7) is 5.86. The van der Waals surface area contributed by atoms with Crippen LogP contribution in [0.5, 0.6) is 5.75 Å². The van der Waals surface area contributed by atoms with Crippen molar-refractivity contribution < 1.29 is 9.47 Å². The van der Waals surface area contributed by atoms with Crippen LogP contribution in [0.4, 0.5) is 0 Å². The molecule has 0 bridgehead atoms. The van der Waals surface area contributed by atoms with Crippen LogP contribution in [-0.2, 0) is 4.74 Å². The molecule has 0 heterocycles. The van der Waals surface area contributed by atoms with Crippen molar-refractivity contribution >= 4 is 0 Å². The Morgan fingerprint density at radius 1 is 0.828 bits per heavy atom. The molecular weight excluding hydrogens is 358 g/mol. The third-order valence-electron chi connectivity index (χ3n) is 5.24. The van der Waals surface area contributed by atoms with Crippen molar-refractivity contribution in [3.8, 4) is 16.9 Å². The lowest BCUT2D eigenvalue weighted by Crippen LogP contribution is -2.24. The summed E-state index contributed by atoms with van der Waals surface area (Å²) in [4.78, 5) is 0. The van der Waals surface area contributed by atoms with Gasteiger partial charge in [-0.1, -0.05) is 79.7 Å². The van der Waals surface area contributed by atoms with Crippen LogP contribution in [0.2, 0.25) is 0 Å². The van der Waals surface area contributed by atoms with Crippen molar-refractivity contribution in [2.75, 3.05) is 20.3 Å². The molecule has 0 amide bonds. The Labute approximate surface area is 174 Å². The van der Waals surface area contributed by atoms with Crippen LogP contribution in [0.1, 0.15) is 43.5 Å². The SMILES string of the molecule is CCC(OCCNC(C)c1ccc(-c2ccccc2OC)cc1)c1ccccc1. The zero-order valence-corrected chi connectivity index (χ0v) is 17.6. The predicted molar refractivity (Wildman–Crippen MR) is 120 cm³/mol. The molecule has 29 heavy (non-hydrogen) atoms. The summed E-state index contributed by atoms with van der Waals surface area (Å²) in [5, 5.41) is 3.56. The van der Waals surface area contributed by atoms with Gasteiger partial charge in [-0.3, -0.25) is 0 Å². The zero-order chi connectivity index (χ0) is 20.5. The molecule has 2 unspecified atom stereocenters. The first-order valence-electron chi connectivity index (χ1n) is 10.4. The van der Waals surface area contributed by atoms with Crippen molar-refractivity contribution in [2.45, 2.75) is 32.4 Å². The highest BCUT2D eigenvalue weighted by molar-refractivity contribution is 5.70. The summed E-state index contributed by atoms with van der Waals surface area (Å²) in [7, 11) is 1.71. The lowest BCUT2D eigenvalue weighted by molar-refractivity contribution is 0.0510. The van der Waals surface area contributed by atoms with Crippen molar-refractivity contribution in [1.82, 2.24) is 5.32 Å². The van der Waals surface area contributed by atoms with Gasteiger partial charge in [-0.25, -0.2) is 0 Å². The van der Waals surface area contributed by atoms with Gasteiger partial charge in [0.25, 0.3) is 0 Å². The van der Waals surface area contributed by atoms with Gasteiger partial charge in [-0.15, -0.1) is 0 Å². The summed E-state index contributed by atoms with van der Waals surface area (Å²) in [5.41, 5.74) is 4.78. The average Bonchev–Trinajstić information content (AvgIpc) is 2.79. The van der Waals surface area contributed by atoms with Crippen LogP contribution in [0.25, 0.3) is 11.1 Å². The molecule has 0 fully saturated rings. The molecule has 0 aromatic heterocycles. The minimum atomic E-state index is 0.161. The fraction of sp³-hybridized carbons (Fsp3) is 0.308. The largest absolute Gasteiger partial charge is 0.496 e. The first kappa shape index (κ1) is 21.1. The lowest BCUT2D eigenvalue weighted by Gasteiger charge is -2.19. The van der Waals surface area contributed by atoms with Crippen molar-refractivity contribution in [3.05, 3.63) is 90.0 Å². The Kier molecular flexibility index (Phi) is 7.85. The van der Waals surface area contributed by atoms with E-state index in [0.29, 0.717) is 6.61 Å². The molecule has 3 nitrogen and oxygen atoms in total. The van der Waals surface area contributed by atoms with E-state index in [1.807, 2.05) is 24.3 Å². The van der Waals surface area contributed by atoms with Gasteiger partial charge < -0.3 is 14.8 Å². The molecule has 0 aliphatic carbocycles. The van der Waals surface area contributed by atoms with Gasteiger partial charge in [0.05, 0.1) is 19.8 Å². The smallest absolute Gasteiger partial charge is 0.126 e. The maximum Gasteiger partial charge on any atom is 0.126 e. The molecule has 0 saturated heterocycles. The Morgan fingerprint density at radius 2 is 1.52 bits per heavy atom. The molecule has 0 radical (unpaired) electrons. The molecule has 0 aliphatic rings. The van der Waals surface area contributed by atoms with Crippen LogP contribution in [0, 0.1) is 0 Å². The van der Waals surface area contributed by atoms with Crippen molar-refractivity contribution in [3.63, 3.8) is 0 Å². The second-order valence-corrected chi connectivity index (χ2v) is 7.18. The summed E-state index contributed by atoms with van der Waals surface area (Å²) in [6.07, 6.45) is 1.14. The number of benzene rings is 3. The molecule has 3 heteroatoms. The number of hydrogen-bond donors (Lipinski definition) is 1. The van der Waals surface area contributed by atoms with E-state index in [1.54, 1.807) is 7.11 Å². The molecule has 1 N–H and O–H groups in total. The highest BCUT2D eigenvalue weighted by Crippen LogP contribution is 2.30. The summed E-state index contributed by atoms with van der Waals surface area (Å²) < 4.78 is 11.6. The van der Waals surface area contributed by atoms with Gasteiger partial charge in [0, 0.05) is 18.2 Å². The fourth-order valence-electron chi connectivity index (χ4n) is 3.55. The molecule has 0 aliphatic heterocycles. The normalized spacial score (nSPS) is 13.1. The van der Waals surface area contributed by atoms with E-state index in [0.717, 1.165) is 29.8 Å². The summed E-state index contributed by atoms with van der Waals surface area (Å²) in [5.74, 6) is 0.896. The first-order chi connectivity index (χ1) is 14.2. The van der Waals surface area contributed by atoms with Crippen LogP contribution >= 0.6 is 0 Å². The Balaban J connectivity index is 1.51. The third-order valence-corrected chi connectivity index (χ3v) is 5.24. The zero-order valence-electron chi connectivity index (χ0n) is 17.6. The molecule has 2 atom stereocenters. The highest BCUT2D eigenvalue weighted by Gasteiger charge is 2.10. The minimum absolute atomic E-state index is 0.161. The van der Waals surface area contributed by atoms with E-state index in [4.69, 9.17) is 9.47 Å². The molecule has 0 saturated carbocycles. The number of nitrogens with one attached hydrogen (secondary N) is 1. The standard InChI is InChI=1S/C26H31NO2/c1-4-25(23-10-6-5-7-11-23)29-19-18-27-20(2)21-14-16-22(17-15-21)24-12-8-9-13-26(24)28-3/h5-17,20,25,27H,4,18-19H2,1-3H3. The van der Waals surface area contributed by atoms with Gasteiger partial charge in [-0.05, 0) is 36.1 Å². The second-order valence-electron chi connectivity index (χ2n) is 7.18. The number of para-hydroxylation sites is 1. The van der Waals surface area contributed by atoms with Gasteiger partial charge >= 0.3 is 0 Å².